The number of nitrogens with one attached hydrogen (secondary N) is 1. The van der Waals surface area contributed by atoms with Crippen molar-refractivity contribution in [3.8, 4) is 11.5 Å². The Kier molecular flexibility index (Phi) is 6.19. The number of benzene rings is 1. The minimum Gasteiger partial charge on any atom is -0.493 e. The van der Waals surface area contributed by atoms with Crippen molar-refractivity contribution in [2.24, 2.45) is 0 Å². The van der Waals surface area contributed by atoms with E-state index >= 15 is 0 Å². The molecule has 0 atom stereocenters. The summed E-state index contributed by atoms with van der Waals surface area (Å²) in [6.07, 6.45) is 1.68. The third kappa shape index (κ3) is 4.57. The maximum atomic E-state index is 12.4. The number of aliphatic hydroxyl groups is 1. The summed E-state index contributed by atoms with van der Waals surface area (Å²) < 4.78 is 10.4. The molecule has 0 aliphatic carbocycles. The van der Waals surface area contributed by atoms with Crippen molar-refractivity contribution >= 4 is 23.1 Å². The predicted octanol–water partition coefficient (Wildman–Crippen LogP) is 2.19. The molecular formula is C15H19N3O4S. The van der Waals surface area contributed by atoms with E-state index in [2.05, 4.69) is 10.3 Å². The number of hydrogen-bond donors (Lipinski definition) is 2. The van der Waals surface area contributed by atoms with Gasteiger partial charge in [-0.3, -0.25) is 0 Å². The highest BCUT2D eigenvalue weighted by molar-refractivity contribution is 7.09. The molecule has 7 nitrogen and oxygen atoms in total. The average Bonchev–Trinajstić information content (AvgIpc) is 3.07. The van der Waals surface area contributed by atoms with Crippen LogP contribution in [0.4, 0.5) is 10.5 Å². The Morgan fingerprint density at radius 2 is 2.13 bits per heavy atom. The maximum Gasteiger partial charge on any atom is 0.322 e. The molecule has 0 bridgehead atoms. The van der Waals surface area contributed by atoms with Gasteiger partial charge in [-0.05, 0) is 12.1 Å². The van der Waals surface area contributed by atoms with Gasteiger partial charge < -0.3 is 24.8 Å². The standard InChI is InChI=1S/C15H19N3O4S/c1-21-12-4-3-11(9-13(12)22-2)17-15(20)18(6-7-19)10-14-16-5-8-23-14/h3-5,8-9,19H,6-7,10H2,1-2H3,(H,17,20). The number of anilines is 1. The number of carbonyl (C=O) groups is 1. The fraction of sp³-hybridized carbons (Fsp3) is 0.333. The Balaban J connectivity index is 2.08. The molecule has 2 N–H and O–H groups in total. The van der Waals surface area contributed by atoms with Gasteiger partial charge in [-0.1, -0.05) is 0 Å². The molecule has 0 saturated carbocycles. The van der Waals surface area contributed by atoms with E-state index in [1.165, 1.54) is 23.3 Å². The van der Waals surface area contributed by atoms with E-state index < -0.39 is 0 Å². The van der Waals surface area contributed by atoms with Crippen LogP contribution in [-0.4, -0.2) is 48.4 Å². The summed E-state index contributed by atoms with van der Waals surface area (Å²) >= 11 is 1.46. The summed E-state index contributed by atoms with van der Waals surface area (Å²) in [7, 11) is 3.08. The first-order valence-corrected chi connectivity index (χ1v) is 7.83. The second-order valence-corrected chi connectivity index (χ2v) is 5.55. The third-order valence-corrected chi connectivity index (χ3v) is 3.87. The number of carbonyl (C=O) groups excluding carboxylic acids is 1. The van der Waals surface area contributed by atoms with Gasteiger partial charge in [-0.15, -0.1) is 11.3 Å². The minimum absolute atomic E-state index is 0.120. The lowest BCUT2D eigenvalue weighted by Gasteiger charge is -2.21. The SMILES string of the molecule is COc1ccc(NC(=O)N(CCO)Cc2nccs2)cc1OC. The monoisotopic (exact) mass is 337 g/mol. The van der Waals surface area contributed by atoms with Gasteiger partial charge in [0, 0.05) is 29.9 Å². The fourth-order valence-corrected chi connectivity index (χ4v) is 2.61. The highest BCUT2D eigenvalue weighted by atomic mass is 32.1. The molecule has 0 unspecified atom stereocenters. The first-order chi connectivity index (χ1) is 11.2. The number of urea groups is 1. The first-order valence-electron chi connectivity index (χ1n) is 6.95. The van der Waals surface area contributed by atoms with Gasteiger partial charge in [0.1, 0.15) is 5.01 Å². The number of nitrogens with zero attached hydrogens (tertiary/aromatic N) is 2. The lowest BCUT2D eigenvalue weighted by Crippen LogP contribution is -2.36. The number of aliphatic hydroxyl groups excluding tert-OH is 1. The third-order valence-electron chi connectivity index (χ3n) is 3.10. The number of aromatic nitrogens is 1. The summed E-state index contributed by atoms with van der Waals surface area (Å²) in [5.74, 6) is 1.11. The Morgan fingerprint density at radius 1 is 1.35 bits per heavy atom. The van der Waals surface area contributed by atoms with Crippen molar-refractivity contribution in [2.45, 2.75) is 6.54 Å². The topological polar surface area (TPSA) is 83.9 Å². The van der Waals surface area contributed by atoms with Gasteiger partial charge in [-0.2, -0.15) is 0 Å². The number of rotatable bonds is 7. The van der Waals surface area contributed by atoms with Crippen molar-refractivity contribution in [2.75, 3.05) is 32.7 Å². The van der Waals surface area contributed by atoms with Crippen LogP contribution in [-0.2, 0) is 6.54 Å². The molecule has 1 heterocycles. The number of thiazole rings is 1. The van der Waals surface area contributed by atoms with Crippen LogP contribution >= 0.6 is 11.3 Å². The van der Waals surface area contributed by atoms with Gasteiger partial charge in [-0.25, -0.2) is 9.78 Å². The smallest absolute Gasteiger partial charge is 0.322 e. The number of amides is 2. The molecule has 0 spiro atoms. The van der Waals surface area contributed by atoms with Crippen molar-refractivity contribution in [3.63, 3.8) is 0 Å². The van der Waals surface area contributed by atoms with Crippen LogP contribution < -0.4 is 14.8 Å². The largest absolute Gasteiger partial charge is 0.493 e. The highest BCUT2D eigenvalue weighted by Gasteiger charge is 2.16. The van der Waals surface area contributed by atoms with Gasteiger partial charge in [0.25, 0.3) is 0 Å². The van der Waals surface area contributed by atoms with Crippen LogP contribution in [0.1, 0.15) is 5.01 Å². The lowest BCUT2D eigenvalue weighted by molar-refractivity contribution is 0.185. The van der Waals surface area contributed by atoms with E-state index in [0.29, 0.717) is 23.7 Å². The van der Waals surface area contributed by atoms with Gasteiger partial charge >= 0.3 is 6.03 Å². The summed E-state index contributed by atoms with van der Waals surface area (Å²) in [6.45, 7) is 0.445. The highest BCUT2D eigenvalue weighted by Crippen LogP contribution is 2.29. The summed E-state index contributed by atoms with van der Waals surface area (Å²) in [5.41, 5.74) is 0.578. The summed E-state index contributed by atoms with van der Waals surface area (Å²) in [6, 6.07) is 4.80. The molecule has 124 valence electrons. The molecule has 1 aromatic heterocycles. The lowest BCUT2D eigenvalue weighted by atomic mass is 10.2. The van der Waals surface area contributed by atoms with Gasteiger partial charge in [0.2, 0.25) is 0 Å². The molecule has 23 heavy (non-hydrogen) atoms. The van der Waals surface area contributed by atoms with Crippen molar-refractivity contribution in [1.29, 1.82) is 0 Å². The van der Waals surface area contributed by atoms with Crippen LogP contribution in [0.25, 0.3) is 0 Å². The Labute approximate surface area is 138 Å². The normalized spacial score (nSPS) is 10.2. The molecule has 0 aliphatic rings. The van der Waals surface area contributed by atoms with E-state index in [1.807, 2.05) is 5.38 Å². The van der Waals surface area contributed by atoms with Crippen LogP contribution in [0.2, 0.25) is 0 Å². The van der Waals surface area contributed by atoms with Crippen LogP contribution in [0, 0.1) is 0 Å². The second kappa shape index (κ2) is 8.35. The fourth-order valence-electron chi connectivity index (χ4n) is 1.98. The second-order valence-electron chi connectivity index (χ2n) is 4.57. The molecule has 2 rings (SSSR count). The molecule has 1 aromatic carbocycles. The Bertz CT molecular complexity index is 634. The van der Waals surface area contributed by atoms with Gasteiger partial charge in [0.05, 0.1) is 27.4 Å². The molecule has 0 radical (unpaired) electrons. The molecule has 0 fully saturated rings. The van der Waals surface area contributed by atoms with Crippen LogP contribution in [0.15, 0.2) is 29.8 Å². The Morgan fingerprint density at radius 3 is 2.74 bits per heavy atom. The quantitative estimate of drug-likeness (QED) is 0.809. The molecule has 0 saturated heterocycles. The van der Waals surface area contributed by atoms with Crippen molar-refractivity contribution in [3.05, 3.63) is 34.8 Å². The Hall–Kier alpha value is -2.32. The maximum absolute atomic E-state index is 12.4. The first kappa shape index (κ1) is 17.0. The summed E-state index contributed by atoms with van der Waals surface area (Å²) in [4.78, 5) is 18.0. The van der Waals surface area contributed by atoms with Crippen LogP contribution in [0.5, 0.6) is 11.5 Å². The summed E-state index contributed by atoms with van der Waals surface area (Å²) in [5, 5.41) is 14.6. The molecule has 8 heteroatoms. The number of methoxy groups -OCH3 is 2. The van der Waals surface area contributed by atoms with Crippen LogP contribution in [0.3, 0.4) is 0 Å². The predicted molar refractivity (Wildman–Crippen MR) is 88.2 cm³/mol. The zero-order chi connectivity index (χ0) is 16.7. The van der Waals surface area contributed by atoms with E-state index in [4.69, 9.17) is 14.6 Å². The van der Waals surface area contributed by atoms with E-state index in [-0.39, 0.29) is 19.2 Å². The zero-order valence-corrected chi connectivity index (χ0v) is 13.8. The molecule has 2 aromatic rings. The zero-order valence-electron chi connectivity index (χ0n) is 13.0. The van der Waals surface area contributed by atoms with E-state index in [0.717, 1.165) is 5.01 Å². The number of ether oxygens (including phenoxy) is 2. The van der Waals surface area contributed by atoms with Gasteiger partial charge in [0.15, 0.2) is 11.5 Å². The molecular weight excluding hydrogens is 318 g/mol. The van der Waals surface area contributed by atoms with E-state index in [1.54, 1.807) is 31.5 Å². The van der Waals surface area contributed by atoms with Crippen molar-refractivity contribution in [1.82, 2.24) is 9.88 Å². The molecule has 0 aliphatic heterocycles. The average molecular weight is 337 g/mol. The van der Waals surface area contributed by atoms with E-state index in [9.17, 15) is 4.79 Å². The molecule has 2 amide bonds. The number of hydrogen-bond acceptors (Lipinski definition) is 6. The van der Waals surface area contributed by atoms with Crippen molar-refractivity contribution < 1.29 is 19.4 Å². The minimum atomic E-state index is -0.318.